The van der Waals surface area contributed by atoms with Gasteiger partial charge in [-0.25, -0.2) is 0 Å². The Morgan fingerprint density at radius 3 is 0.714 bits per heavy atom. The molecule has 4 nitrogen and oxygen atoms in total. The van der Waals surface area contributed by atoms with Crippen LogP contribution in [-0.4, -0.2) is 34.9 Å². The largest absolute Gasteiger partial charge is 0.394 e. The molecule has 0 aliphatic carbocycles. The summed E-state index contributed by atoms with van der Waals surface area (Å²) in [6.07, 6.45) is 104. The minimum absolute atomic E-state index is 0.0195. The van der Waals surface area contributed by atoms with Crippen molar-refractivity contribution in [3.63, 3.8) is 0 Å². The number of nitrogens with one attached hydrogen (secondary N) is 1. The fraction of sp³-hybridized carbons (Fsp3) is 0.938. The fourth-order valence-corrected chi connectivity index (χ4v) is 13.0. The first kappa shape index (κ1) is 82.9. The maximum Gasteiger partial charge on any atom is 0.220 e. The van der Waals surface area contributed by atoms with Crippen molar-refractivity contribution in [2.45, 2.75) is 475 Å². The second-order valence-electron chi connectivity index (χ2n) is 27.5. The third kappa shape index (κ3) is 71.6. The normalized spacial score (nSPS) is 12.7. The minimum atomic E-state index is -0.659. The average Bonchev–Trinajstić information content (AvgIpc) is 3.51. The zero-order valence-corrected chi connectivity index (χ0v) is 58.0. The molecule has 0 radical (unpaired) electrons. The maximum absolute atomic E-state index is 12.6. The van der Waals surface area contributed by atoms with Crippen LogP contribution in [0.15, 0.2) is 24.3 Å². The van der Waals surface area contributed by atoms with Gasteiger partial charge in [0, 0.05) is 6.42 Å². The van der Waals surface area contributed by atoms with Crippen LogP contribution >= 0.6 is 0 Å². The Bertz CT molecular complexity index is 1250. The molecule has 3 N–H and O–H groups in total. The lowest BCUT2D eigenvalue weighted by Crippen LogP contribution is -2.45. The fourth-order valence-electron chi connectivity index (χ4n) is 13.0. The van der Waals surface area contributed by atoms with E-state index in [-0.39, 0.29) is 12.5 Å². The maximum atomic E-state index is 12.6. The Morgan fingerprint density at radius 2 is 0.488 bits per heavy atom. The van der Waals surface area contributed by atoms with Crippen LogP contribution in [-0.2, 0) is 4.79 Å². The van der Waals surface area contributed by atoms with E-state index in [0.717, 1.165) is 32.1 Å². The van der Waals surface area contributed by atoms with Gasteiger partial charge in [0.1, 0.15) is 0 Å². The van der Waals surface area contributed by atoms with Crippen molar-refractivity contribution in [3.05, 3.63) is 24.3 Å². The van der Waals surface area contributed by atoms with E-state index in [9.17, 15) is 15.0 Å². The number of aliphatic hydroxyl groups is 2. The molecule has 0 saturated carbocycles. The zero-order valence-electron chi connectivity index (χ0n) is 58.0. The lowest BCUT2D eigenvalue weighted by molar-refractivity contribution is -0.123. The first-order valence-electron chi connectivity index (χ1n) is 39.5. The van der Waals surface area contributed by atoms with Crippen LogP contribution in [0.2, 0.25) is 0 Å². The highest BCUT2D eigenvalue weighted by Gasteiger charge is 2.20. The molecule has 0 bridgehead atoms. The van der Waals surface area contributed by atoms with Gasteiger partial charge in [0.15, 0.2) is 0 Å². The molecule has 0 saturated heterocycles. The van der Waals surface area contributed by atoms with Crippen molar-refractivity contribution in [1.29, 1.82) is 0 Å². The van der Waals surface area contributed by atoms with E-state index < -0.39 is 12.1 Å². The van der Waals surface area contributed by atoms with Gasteiger partial charge in [-0.15, -0.1) is 0 Å². The van der Waals surface area contributed by atoms with Crippen LogP contribution < -0.4 is 5.32 Å². The summed E-state index contributed by atoms with van der Waals surface area (Å²) in [4.78, 5) is 12.6. The van der Waals surface area contributed by atoms with Gasteiger partial charge in [0.2, 0.25) is 5.91 Å². The number of hydrogen-bond acceptors (Lipinski definition) is 3. The molecule has 0 aromatic carbocycles. The van der Waals surface area contributed by atoms with Crippen LogP contribution in [0.4, 0.5) is 0 Å². The van der Waals surface area contributed by atoms with E-state index in [0.29, 0.717) is 12.8 Å². The molecule has 0 aliphatic heterocycles. The van der Waals surface area contributed by atoms with Gasteiger partial charge in [-0.3, -0.25) is 4.79 Å². The molecule has 84 heavy (non-hydrogen) atoms. The van der Waals surface area contributed by atoms with Crippen molar-refractivity contribution in [2.75, 3.05) is 6.61 Å². The van der Waals surface area contributed by atoms with Gasteiger partial charge in [0.05, 0.1) is 18.8 Å². The van der Waals surface area contributed by atoms with Crippen LogP contribution in [0.3, 0.4) is 0 Å². The summed E-state index contributed by atoms with van der Waals surface area (Å²) in [5, 5.41) is 23.5. The van der Waals surface area contributed by atoms with Crippen molar-refractivity contribution in [3.8, 4) is 0 Å². The van der Waals surface area contributed by atoms with Crippen molar-refractivity contribution in [2.24, 2.45) is 0 Å². The van der Waals surface area contributed by atoms with E-state index in [1.165, 1.54) is 405 Å². The van der Waals surface area contributed by atoms with Gasteiger partial charge >= 0.3 is 0 Å². The van der Waals surface area contributed by atoms with Crippen molar-refractivity contribution < 1.29 is 15.0 Å². The molecular weight excluding hydrogens is 1020 g/mol. The second-order valence-corrected chi connectivity index (χ2v) is 27.5. The van der Waals surface area contributed by atoms with Crippen LogP contribution in [0.5, 0.6) is 0 Å². The number of amides is 1. The molecule has 1 amide bonds. The highest BCUT2D eigenvalue weighted by atomic mass is 16.3. The predicted octanol–water partition coefficient (Wildman–Crippen LogP) is 27.3. The van der Waals surface area contributed by atoms with E-state index in [1.807, 2.05) is 0 Å². The predicted molar refractivity (Wildman–Crippen MR) is 378 cm³/mol. The molecule has 0 fully saturated rings. The molecule has 500 valence electrons. The second kappa shape index (κ2) is 76.1. The Morgan fingerprint density at radius 1 is 0.286 bits per heavy atom. The summed E-state index contributed by atoms with van der Waals surface area (Å²) < 4.78 is 0. The molecule has 0 aliphatic rings. The highest BCUT2D eigenvalue weighted by Crippen LogP contribution is 2.21. The number of hydrogen-bond donors (Lipinski definition) is 3. The standard InChI is InChI=1S/C80H157NO3/c1-3-5-7-9-11-13-15-17-19-21-23-25-27-29-31-33-35-36-37-38-39-40-41-42-43-44-46-48-50-52-54-56-58-60-62-64-66-68-70-72-74-76-80(84)81-78(77-82)79(83)75-73-71-69-67-65-63-61-59-57-55-53-51-49-47-45-34-32-30-28-26-24-22-20-18-16-14-12-10-8-6-4-2/h15,17,21,23,78-79,82-83H,3-14,16,18-20,22,24-77H2,1-2H3,(H,81,84)/b17-15-,23-21-. The van der Waals surface area contributed by atoms with Gasteiger partial charge < -0.3 is 15.5 Å². The lowest BCUT2D eigenvalue weighted by atomic mass is 10.0. The summed E-state index contributed by atoms with van der Waals surface area (Å²) in [5.41, 5.74) is 0. The summed E-state index contributed by atoms with van der Waals surface area (Å²) in [6, 6.07) is -0.535. The smallest absolute Gasteiger partial charge is 0.220 e. The zero-order chi connectivity index (χ0) is 60.5. The monoisotopic (exact) mass is 1180 g/mol. The van der Waals surface area contributed by atoms with Crippen LogP contribution in [0, 0.1) is 0 Å². The van der Waals surface area contributed by atoms with Gasteiger partial charge in [-0.1, -0.05) is 436 Å². The number of carbonyl (C=O) groups excluding carboxylic acids is 1. The minimum Gasteiger partial charge on any atom is -0.394 e. The summed E-state index contributed by atoms with van der Waals surface area (Å²) in [5.74, 6) is -0.0195. The molecule has 0 spiro atoms. The Kier molecular flexibility index (Phi) is 75.1. The number of aliphatic hydroxyl groups excluding tert-OH is 2. The molecule has 2 unspecified atom stereocenters. The molecule has 0 aromatic heterocycles. The van der Waals surface area contributed by atoms with Crippen molar-refractivity contribution >= 4 is 5.91 Å². The van der Waals surface area contributed by atoms with E-state index in [4.69, 9.17) is 0 Å². The molecule has 0 heterocycles. The average molecular weight is 1180 g/mol. The summed E-state index contributed by atoms with van der Waals surface area (Å²) in [6.45, 7) is 4.40. The Balaban J connectivity index is 3.34. The first-order valence-corrected chi connectivity index (χ1v) is 39.5. The third-order valence-corrected chi connectivity index (χ3v) is 19.0. The topological polar surface area (TPSA) is 69.6 Å². The lowest BCUT2D eigenvalue weighted by Gasteiger charge is -2.22. The summed E-state index contributed by atoms with van der Waals surface area (Å²) in [7, 11) is 0. The molecule has 2 atom stereocenters. The molecular formula is C80H157NO3. The van der Waals surface area contributed by atoms with Crippen LogP contribution in [0.25, 0.3) is 0 Å². The van der Waals surface area contributed by atoms with Gasteiger partial charge in [0.25, 0.3) is 0 Å². The summed E-state index contributed by atoms with van der Waals surface area (Å²) >= 11 is 0. The Hall–Kier alpha value is -1.13. The van der Waals surface area contributed by atoms with Crippen molar-refractivity contribution in [1.82, 2.24) is 5.32 Å². The van der Waals surface area contributed by atoms with E-state index in [1.54, 1.807) is 0 Å². The van der Waals surface area contributed by atoms with E-state index in [2.05, 4.69) is 43.5 Å². The quantitative estimate of drug-likeness (QED) is 0.0420. The van der Waals surface area contributed by atoms with Gasteiger partial charge in [-0.05, 0) is 44.9 Å². The number of allylic oxidation sites excluding steroid dienone is 4. The van der Waals surface area contributed by atoms with Gasteiger partial charge in [-0.2, -0.15) is 0 Å². The molecule has 0 aromatic rings. The SMILES string of the molecule is CCCCCCC/C=C\C/C=C\CCCCCCCCCCCCCCCCCCCCCCCCCCCCCCCC(=O)NC(CO)C(O)CCCCCCCCCCCCCCCCCCCCCCCCCCCCCCCCC. The number of unbranched alkanes of at least 4 members (excludes halogenated alkanes) is 64. The highest BCUT2D eigenvalue weighted by molar-refractivity contribution is 5.76. The number of carbonyl (C=O) groups is 1. The number of rotatable bonds is 75. The van der Waals surface area contributed by atoms with E-state index >= 15 is 0 Å². The first-order chi connectivity index (χ1) is 41.7. The Labute approximate surface area is 529 Å². The molecule has 0 rings (SSSR count). The molecule has 4 heteroatoms. The third-order valence-electron chi connectivity index (χ3n) is 19.0. The van der Waals surface area contributed by atoms with Crippen LogP contribution in [0.1, 0.15) is 463 Å².